The molecule has 7 rings (SSSR count). The predicted molar refractivity (Wildman–Crippen MR) is 133 cm³/mol. The first-order chi connectivity index (χ1) is 17.5. The van der Waals surface area contributed by atoms with Crippen LogP contribution in [0.25, 0.3) is 0 Å². The van der Waals surface area contributed by atoms with Gasteiger partial charge in [0.05, 0.1) is 13.2 Å². The lowest BCUT2D eigenvalue weighted by molar-refractivity contribution is -0.136. The number of amides is 3. The molecule has 3 fully saturated rings. The van der Waals surface area contributed by atoms with Crippen molar-refractivity contribution in [3.63, 3.8) is 0 Å². The molecule has 0 bridgehead atoms. The van der Waals surface area contributed by atoms with Crippen LogP contribution >= 0.6 is 0 Å². The fraction of sp³-hybridized carbons (Fsp3) is 0.483. The van der Waals surface area contributed by atoms with E-state index < -0.39 is 6.04 Å². The van der Waals surface area contributed by atoms with Gasteiger partial charge >= 0.3 is 0 Å². The Balaban J connectivity index is 1.07. The van der Waals surface area contributed by atoms with Crippen molar-refractivity contribution in [3.8, 4) is 5.75 Å². The molecule has 1 saturated carbocycles. The van der Waals surface area contributed by atoms with E-state index >= 15 is 0 Å². The van der Waals surface area contributed by atoms with Crippen molar-refractivity contribution in [2.45, 2.75) is 69.0 Å². The molecule has 3 amide bonds. The van der Waals surface area contributed by atoms with Crippen LogP contribution < -0.4 is 10.1 Å². The number of hydrogen-bond donors (Lipinski definition) is 1. The zero-order chi connectivity index (χ0) is 24.4. The second-order valence-electron chi connectivity index (χ2n) is 11.2. The second-order valence-corrected chi connectivity index (χ2v) is 11.2. The lowest BCUT2D eigenvalue weighted by atomic mass is 9.74. The van der Waals surface area contributed by atoms with Crippen molar-refractivity contribution < 1.29 is 19.1 Å². The summed E-state index contributed by atoms with van der Waals surface area (Å²) in [5.41, 5.74) is 5.63. The predicted octanol–water partition coefficient (Wildman–Crippen LogP) is 3.25. The number of carbonyl (C=O) groups is 3. The molecule has 4 aliphatic heterocycles. The maximum absolute atomic E-state index is 13.2. The number of benzene rings is 2. The minimum atomic E-state index is -0.602. The van der Waals surface area contributed by atoms with Crippen LogP contribution in [-0.4, -0.2) is 53.3 Å². The molecule has 2 saturated heterocycles. The Morgan fingerprint density at radius 1 is 1.03 bits per heavy atom. The lowest BCUT2D eigenvalue weighted by Crippen LogP contribution is -2.52. The number of nitrogens with one attached hydrogen (secondary N) is 1. The van der Waals surface area contributed by atoms with Crippen LogP contribution in [0.2, 0.25) is 0 Å². The number of hydrogen-bond acceptors (Lipinski definition) is 5. The van der Waals surface area contributed by atoms with Gasteiger partial charge in [0, 0.05) is 35.1 Å². The minimum Gasteiger partial charge on any atom is -0.492 e. The molecule has 4 heterocycles. The van der Waals surface area contributed by atoms with Gasteiger partial charge in [-0.25, -0.2) is 0 Å². The highest BCUT2D eigenvalue weighted by Gasteiger charge is 2.47. The Kier molecular flexibility index (Phi) is 5.00. The average Bonchev–Trinajstić information content (AvgIpc) is 3.60. The molecule has 2 aromatic carbocycles. The van der Waals surface area contributed by atoms with E-state index in [1.807, 2.05) is 6.07 Å². The van der Waals surface area contributed by atoms with E-state index in [9.17, 15) is 14.4 Å². The fourth-order valence-corrected chi connectivity index (χ4v) is 6.66. The van der Waals surface area contributed by atoms with Gasteiger partial charge in [-0.2, -0.15) is 0 Å². The van der Waals surface area contributed by atoms with Crippen LogP contribution in [0.4, 0.5) is 0 Å². The maximum Gasteiger partial charge on any atom is 0.255 e. The molecule has 7 heteroatoms. The van der Waals surface area contributed by atoms with Crippen molar-refractivity contribution in [3.05, 3.63) is 64.2 Å². The zero-order valence-electron chi connectivity index (χ0n) is 20.4. The molecule has 7 nitrogen and oxygen atoms in total. The molecule has 1 aliphatic carbocycles. The van der Waals surface area contributed by atoms with Gasteiger partial charge in [-0.15, -0.1) is 0 Å². The largest absolute Gasteiger partial charge is 0.492 e. The molecule has 1 N–H and O–H groups in total. The zero-order valence-corrected chi connectivity index (χ0v) is 20.4. The normalized spacial score (nSPS) is 25.1. The summed E-state index contributed by atoms with van der Waals surface area (Å²) < 4.78 is 6.31. The third-order valence-electron chi connectivity index (χ3n) is 8.95. The molecule has 2 aromatic rings. The second kappa shape index (κ2) is 8.17. The number of imide groups is 1. The lowest BCUT2D eigenvalue weighted by Gasteiger charge is -2.38. The molecule has 186 valence electrons. The van der Waals surface area contributed by atoms with Crippen LogP contribution in [0.1, 0.15) is 77.1 Å². The molecule has 36 heavy (non-hydrogen) atoms. The molecular weight excluding hydrogens is 454 g/mol. The van der Waals surface area contributed by atoms with Crippen molar-refractivity contribution in [2.75, 3.05) is 19.7 Å². The van der Waals surface area contributed by atoms with Gasteiger partial charge in [-0.3, -0.25) is 24.6 Å². The van der Waals surface area contributed by atoms with Crippen LogP contribution in [0.3, 0.4) is 0 Å². The fourth-order valence-electron chi connectivity index (χ4n) is 6.66. The van der Waals surface area contributed by atoms with Crippen LogP contribution in [0.5, 0.6) is 5.75 Å². The smallest absolute Gasteiger partial charge is 0.255 e. The van der Waals surface area contributed by atoms with Crippen molar-refractivity contribution in [2.24, 2.45) is 0 Å². The van der Waals surface area contributed by atoms with Crippen LogP contribution in [-0.2, 0) is 28.1 Å². The summed E-state index contributed by atoms with van der Waals surface area (Å²) in [5, 5.41) is 2.38. The number of likely N-dealkylation sites (tertiary alicyclic amines) is 1. The third-order valence-corrected chi connectivity index (χ3v) is 8.95. The summed E-state index contributed by atoms with van der Waals surface area (Å²) in [6.07, 6.45) is 5.36. The van der Waals surface area contributed by atoms with E-state index in [1.165, 1.54) is 29.5 Å². The van der Waals surface area contributed by atoms with Gasteiger partial charge in [-0.05, 0) is 68.3 Å². The van der Waals surface area contributed by atoms with E-state index in [-0.39, 0.29) is 29.6 Å². The molecule has 1 atom stereocenters. The van der Waals surface area contributed by atoms with E-state index in [0.717, 1.165) is 49.7 Å². The molecule has 1 unspecified atom stereocenters. The average molecular weight is 486 g/mol. The summed E-state index contributed by atoms with van der Waals surface area (Å²) >= 11 is 0. The van der Waals surface area contributed by atoms with Gasteiger partial charge < -0.3 is 9.64 Å². The number of piperidine rings is 2. The van der Waals surface area contributed by atoms with Gasteiger partial charge in [0.25, 0.3) is 5.91 Å². The summed E-state index contributed by atoms with van der Waals surface area (Å²) in [5.74, 6) is 0.836. The highest BCUT2D eigenvalue weighted by molar-refractivity contribution is 6.05. The Morgan fingerprint density at radius 3 is 2.64 bits per heavy atom. The summed E-state index contributed by atoms with van der Waals surface area (Å²) in [6.45, 7) is 4.05. The Morgan fingerprint density at radius 2 is 1.86 bits per heavy atom. The Labute approximate surface area is 210 Å². The number of rotatable bonds is 4. The molecule has 5 aliphatic rings. The van der Waals surface area contributed by atoms with Crippen molar-refractivity contribution in [1.82, 2.24) is 15.1 Å². The number of nitrogens with zero attached hydrogens (tertiary/aromatic N) is 2. The van der Waals surface area contributed by atoms with E-state index in [4.69, 9.17) is 4.74 Å². The quantitative estimate of drug-likeness (QED) is 0.673. The van der Waals surface area contributed by atoms with Gasteiger partial charge in [0.2, 0.25) is 11.8 Å². The van der Waals surface area contributed by atoms with E-state index in [2.05, 4.69) is 40.5 Å². The first-order valence-corrected chi connectivity index (χ1v) is 13.3. The SMILES string of the molecule is O=C1CCC(N2Cc3c(ccc4c3OCC43CCN(Cc4cccc(C5CC5)c4)CC3)C2=O)C(=O)N1. The molecular formula is C29H31N3O4. The first-order valence-electron chi connectivity index (χ1n) is 13.3. The van der Waals surface area contributed by atoms with Crippen molar-refractivity contribution >= 4 is 17.7 Å². The minimum absolute atomic E-state index is 0.0121. The number of ether oxygens (including phenoxy) is 1. The Hall–Kier alpha value is -3.19. The molecule has 1 spiro atoms. The standard InChI is InChI=1S/C29H31N3O4/c33-25-9-8-24(27(34)30-25)32-16-22-21(28(32)35)6-7-23-26(22)36-17-29(23)10-12-31(13-11-29)15-18-2-1-3-20(14-18)19-4-5-19/h1-3,6-7,14,19,24H,4-5,8-13,15-17H2,(H,30,33,34). The monoisotopic (exact) mass is 485 g/mol. The van der Waals surface area contributed by atoms with Crippen molar-refractivity contribution in [1.29, 1.82) is 0 Å². The highest BCUT2D eigenvalue weighted by Crippen LogP contribution is 2.49. The van der Waals surface area contributed by atoms with E-state index in [1.54, 1.807) is 4.90 Å². The van der Waals surface area contributed by atoms with Crippen LogP contribution in [0, 0.1) is 0 Å². The third kappa shape index (κ3) is 3.55. The summed E-state index contributed by atoms with van der Waals surface area (Å²) in [6, 6.07) is 12.5. The summed E-state index contributed by atoms with van der Waals surface area (Å²) in [4.78, 5) is 41.3. The molecule has 0 radical (unpaired) electrons. The van der Waals surface area contributed by atoms with E-state index in [0.29, 0.717) is 25.1 Å². The van der Waals surface area contributed by atoms with Crippen LogP contribution in [0.15, 0.2) is 36.4 Å². The molecule has 0 aromatic heterocycles. The maximum atomic E-state index is 13.2. The number of carbonyl (C=O) groups excluding carboxylic acids is 3. The number of fused-ring (bicyclic) bond motifs is 4. The summed E-state index contributed by atoms with van der Waals surface area (Å²) in [7, 11) is 0. The van der Waals surface area contributed by atoms with Gasteiger partial charge in [0.1, 0.15) is 11.8 Å². The Bertz CT molecular complexity index is 1280. The topological polar surface area (TPSA) is 79.0 Å². The van der Waals surface area contributed by atoms with Gasteiger partial charge in [0.15, 0.2) is 0 Å². The highest BCUT2D eigenvalue weighted by atomic mass is 16.5. The first kappa shape index (κ1) is 22.0. The van der Waals surface area contributed by atoms with Gasteiger partial charge in [-0.1, -0.05) is 30.3 Å².